The first kappa shape index (κ1) is 73.3. The minimum atomic E-state index is -0.895. The second kappa shape index (κ2) is 33.7. The van der Waals surface area contributed by atoms with Crippen LogP contribution in [-0.4, -0.2) is 161 Å². The average Bonchev–Trinajstić information content (AvgIpc) is 1.75. The van der Waals surface area contributed by atoms with Crippen molar-refractivity contribution in [3.05, 3.63) is 0 Å². The average molecular weight is 1380 g/mol. The van der Waals surface area contributed by atoms with Gasteiger partial charge in [0.15, 0.2) is 0 Å². The van der Waals surface area contributed by atoms with E-state index in [2.05, 4.69) is 63.8 Å². The minimum Gasteiger partial charge on any atom is -0.394 e. The lowest BCUT2D eigenvalue weighted by Crippen LogP contribution is -2.54. The molecular weight excluding hydrogens is 1270 g/mol. The lowest BCUT2D eigenvalue weighted by Gasteiger charge is -2.29. The van der Waals surface area contributed by atoms with Gasteiger partial charge in [-0.05, 0) is 141 Å². The Morgan fingerprint density at radius 3 is 0.657 bits per heavy atom. The van der Waals surface area contributed by atoms with Crippen LogP contribution < -0.4 is 69.5 Å². The Kier molecular flexibility index (Phi) is 24.9. The molecule has 548 valence electrons. The molecule has 0 aromatic heterocycles. The predicted molar refractivity (Wildman–Crippen MR) is 360 cm³/mol. The zero-order chi connectivity index (χ0) is 70.0. The van der Waals surface area contributed by atoms with Gasteiger partial charge >= 0.3 is 0 Å². The number of hydrogen-bond acceptors (Lipinski definition) is 14. The second-order valence-electron chi connectivity index (χ2n) is 31.4. The van der Waals surface area contributed by atoms with Crippen LogP contribution in [0.15, 0.2) is 0 Å². The van der Waals surface area contributed by atoms with Crippen LogP contribution in [0.25, 0.3) is 0 Å². The molecule has 11 fully saturated rings. The molecule has 15 N–H and O–H groups in total. The van der Waals surface area contributed by atoms with Crippen molar-refractivity contribution in [3.63, 3.8) is 0 Å². The zero-order valence-corrected chi connectivity index (χ0v) is 57.9. The van der Waals surface area contributed by atoms with E-state index in [9.17, 15) is 67.4 Å². The van der Waals surface area contributed by atoms with Crippen molar-refractivity contribution in [2.75, 3.05) is 6.61 Å². The number of primary amides is 1. The highest BCUT2D eigenvalue weighted by Crippen LogP contribution is 2.38. The maximum Gasteiger partial charge on any atom is 0.225 e. The summed E-state index contributed by atoms with van der Waals surface area (Å²) in [7, 11) is 0. The fourth-order valence-electron chi connectivity index (χ4n) is 19.8. The summed E-state index contributed by atoms with van der Waals surface area (Å²) < 4.78 is 0. The van der Waals surface area contributed by atoms with Crippen molar-refractivity contribution in [3.8, 4) is 0 Å². The Labute approximate surface area is 580 Å². The number of nitrogens with two attached hydrogens (primary N) is 1. The van der Waals surface area contributed by atoms with Crippen LogP contribution in [0.3, 0.4) is 0 Å². The van der Waals surface area contributed by atoms with Gasteiger partial charge < -0.3 is 74.6 Å². The van der Waals surface area contributed by atoms with Gasteiger partial charge in [0.25, 0.3) is 0 Å². The highest BCUT2D eigenvalue weighted by Gasteiger charge is 2.48. The predicted octanol–water partition coefficient (Wildman–Crippen LogP) is 1.49. The molecule has 0 radical (unpaired) electrons. The monoisotopic (exact) mass is 1380 g/mol. The molecule has 27 nitrogen and oxygen atoms in total. The highest BCUT2D eigenvalue weighted by molar-refractivity contribution is 5.90. The van der Waals surface area contributed by atoms with Gasteiger partial charge in [-0.3, -0.25) is 62.3 Å². The molecule has 27 heteroatoms. The normalized spacial score (nSPS) is 36.5. The van der Waals surface area contributed by atoms with Crippen molar-refractivity contribution in [2.45, 2.75) is 298 Å². The summed E-state index contributed by atoms with van der Waals surface area (Å²) in [6, 6.07) is -5.23. The quantitative estimate of drug-likeness (QED) is 0.0584. The summed E-state index contributed by atoms with van der Waals surface area (Å²) in [6.45, 7) is 0.931. The summed E-state index contributed by atoms with van der Waals surface area (Å²) in [4.78, 5) is 176. The van der Waals surface area contributed by atoms with Crippen molar-refractivity contribution in [2.24, 2.45) is 70.8 Å². The number of nitrogens with one attached hydrogen (secondary N) is 12. The van der Waals surface area contributed by atoms with Crippen LogP contribution in [0.2, 0.25) is 0 Å². The molecule has 11 aliphatic rings. The number of rotatable bonds is 26. The lowest BCUT2D eigenvalue weighted by atomic mass is 9.95. The van der Waals surface area contributed by atoms with Crippen molar-refractivity contribution >= 4 is 76.8 Å². The van der Waals surface area contributed by atoms with E-state index in [1.165, 1.54) is 6.92 Å². The Hall–Kier alpha value is -6.93. The molecule has 0 aromatic rings. The molecule has 0 bridgehead atoms. The summed E-state index contributed by atoms with van der Waals surface area (Å²) in [5, 5.41) is 47.4. The molecule has 23 atom stereocenters. The minimum absolute atomic E-state index is 0.165. The molecule has 0 spiro atoms. The number of hydrogen-bond donors (Lipinski definition) is 14. The van der Waals surface area contributed by atoms with E-state index in [0.29, 0.717) is 154 Å². The van der Waals surface area contributed by atoms with Gasteiger partial charge in [-0.1, -0.05) is 70.6 Å². The third-order valence-electron chi connectivity index (χ3n) is 25.1. The standard InChI is InChI=1S/C72H111N13O14/c1-37(87)74-51-25-3-14-40(51)64(91)78-53-27-5-16-42(53)63(90)75-38(36-86)35-61(88)76-52-26-4-15-41(52)65(92)79-55-29-7-18-44(55)67(94)81-57-31-9-20-46(57)69(96)83-59-33-11-22-48(59)71(98)85-60-34-12-23-49(60)72(99)84-58-32-10-21-47(58)70(97)82-56-30-8-19-45(56)68(95)80-54-28-6-17-43(54)66(93)77-50-24-2-13-39(50)62(73)89/h38-60,86H,2-36H2,1H3,(H2,73,89)(H,74,87)(H,75,90)(H,76,88)(H,77,93)(H,78,91)(H,79,92)(H,80,95)(H,81,94)(H,82,97)(H,83,96)(H,84,99)(H,85,98)/t38-,39-,40-,41-,42-,43-,44-,45-,46-,47-,48-,49-,50-,51-,52-,53-,54-,55-,56-,57-,58-,59-,60-/m0/s1. The molecule has 0 aromatic carbocycles. The largest absolute Gasteiger partial charge is 0.394 e. The first-order valence-corrected chi connectivity index (χ1v) is 38.2. The molecule has 11 rings (SSSR count). The summed E-state index contributed by atoms with van der Waals surface area (Å²) in [5.74, 6) is -8.53. The van der Waals surface area contributed by atoms with Gasteiger partial charge in [0, 0.05) is 79.8 Å². The van der Waals surface area contributed by atoms with Gasteiger partial charge in [0.1, 0.15) is 0 Å². The Balaban J connectivity index is 0.598. The second-order valence-corrected chi connectivity index (χ2v) is 31.4. The fraction of sp³-hybridized carbons (Fsp3) is 0.819. The fourth-order valence-corrected chi connectivity index (χ4v) is 19.8. The topological polar surface area (TPSA) is 413 Å². The van der Waals surface area contributed by atoms with Gasteiger partial charge in [0.2, 0.25) is 76.8 Å². The van der Waals surface area contributed by atoms with E-state index in [0.717, 1.165) is 57.8 Å². The van der Waals surface area contributed by atoms with E-state index in [1.54, 1.807) is 0 Å². The molecule has 11 saturated carbocycles. The maximum absolute atomic E-state index is 14.2. The number of aliphatic hydroxyl groups excluding tert-OH is 1. The van der Waals surface area contributed by atoms with E-state index in [4.69, 9.17) is 5.73 Å². The van der Waals surface area contributed by atoms with Gasteiger partial charge in [-0.25, -0.2) is 0 Å². The first-order chi connectivity index (χ1) is 47.7. The van der Waals surface area contributed by atoms with Crippen molar-refractivity contribution in [1.82, 2.24) is 63.8 Å². The van der Waals surface area contributed by atoms with Crippen molar-refractivity contribution < 1.29 is 67.4 Å². The lowest BCUT2D eigenvalue weighted by molar-refractivity contribution is -0.132. The highest BCUT2D eigenvalue weighted by atomic mass is 16.3. The third-order valence-corrected chi connectivity index (χ3v) is 25.1. The van der Waals surface area contributed by atoms with Crippen LogP contribution in [-0.2, 0) is 62.3 Å². The molecular formula is C72H111N13O14. The SMILES string of the molecule is CC(=O)N[C@H]1CCC[C@@H]1C(=O)N[C@H]1CCC[C@@H]1C(=O)N[C@H](CO)CC(=O)N[C@H]1CCC[C@@H]1C(=O)N[C@H]1CCC[C@@H]1C(=O)N[C@H]1CCC[C@@H]1C(=O)N[C@H]1CCC[C@@H]1C(=O)N[C@H]1CCC[C@@H]1C(=O)N[C@H]1CCC[C@@H]1C(=O)N[C@H]1CCC[C@@H]1C(=O)N[C@H]1CCC[C@@H]1C(=O)N[C@H]1CCC[C@@H]1C(N)=O. The van der Waals surface area contributed by atoms with E-state index in [-0.39, 0.29) is 107 Å². The van der Waals surface area contributed by atoms with Crippen molar-refractivity contribution in [1.29, 1.82) is 0 Å². The summed E-state index contributed by atoms with van der Waals surface area (Å²) >= 11 is 0. The van der Waals surface area contributed by atoms with Crippen LogP contribution in [0.5, 0.6) is 0 Å². The molecule has 99 heavy (non-hydrogen) atoms. The third kappa shape index (κ3) is 17.9. The van der Waals surface area contributed by atoms with E-state index in [1.807, 2.05) is 0 Å². The van der Waals surface area contributed by atoms with Crippen LogP contribution >= 0.6 is 0 Å². The van der Waals surface area contributed by atoms with Gasteiger partial charge in [-0.2, -0.15) is 0 Å². The number of aliphatic hydroxyl groups is 1. The van der Waals surface area contributed by atoms with E-state index < -0.39 is 120 Å². The van der Waals surface area contributed by atoms with Crippen LogP contribution in [0.1, 0.15) is 225 Å². The summed E-state index contributed by atoms with van der Waals surface area (Å²) in [5.41, 5.74) is 5.61. The Morgan fingerprint density at radius 2 is 0.455 bits per heavy atom. The molecule has 0 saturated heterocycles. The Bertz CT molecular complexity index is 3010. The smallest absolute Gasteiger partial charge is 0.225 e. The summed E-state index contributed by atoms with van der Waals surface area (Å²) in [6.07, 6.45) is 21.3. The number of carbonyl (C=O) groups is 13. The van der Waals surface area contributed by atoms with Gasteiger partial charge in [-0.15, -0.1) is 0 Å². The maximum atomic E-state index is 14.2. The van der Waals surface area contributed by atoms with Gasteiger partial charge in [0.05, 0.1) is 77.7 Å². The Morgan fingerprint density at radius 1 is 0.273 bits per heavy atom. The molecule has 0 aliphatic heterocycles. The molecule has 0 heterocycles. The zero-order valence-electron chi connectivity index (χ0n) is 57.9. The van der Waals surface area contributed by atoms with Crippen LogP contribution in [0.4, 0.5) is 0 Å². The van der Waals surface area contributed by atoms with E-state index >= 15 is 0 Å². The molecule has 13 amide bonds. The number of carbonyl (C=O) groups excluding carboxylic acids is 13. The number of amides is 13. The van der Waals surface area contributed by atoms with Crippen LogP contribution in [0, 0.1) is 65.1 Å². The first-order valence-electron chi connectivity index (χ1n) is 38.2. The molecule has 11 aliphatic carbocycles. The molecule has 0 unspecified atom stereocenters.